The Morgan fingerprint density at radius 3 is 2.44 bits per heavy atom. The molecule has 1 saturated carbocycles. The van der Waals surface area contributed by atoms with Crippen molar-refractivity contribution < 1.29 is 13.9 Å². The molecule has 1 aliphatic carbocycles. The second-order valence-electron chi connectivity index (χ2n) is 10.6. The first-order chi connectivity index (χ1) is 18.6. The van der Waals surface area contributed by atoms with Gasteiger partial charge >= 0.3 is 0 Å². The lowest BCUT2D eigenvalue weighted by atomic mass is 9.95. The SMILES string of the molecule is Cn1nc(-c2ncccn2)c(Cl)c1C(=O)N1C[C@@H]2[C@H](C1)[C@@H]2Oc1cc(C(C)(C)N)cc(-c2ccc(F)cc2)n1. The van der Waals surface area contributed by atoms with Crippen molar-refractivity contribution in [3.63, 3.8) is 0 Å². The van der Waals surface area contributed by atoms with Crippen molar-refractivity contribution in [3.8, 4) is 28.7 Å². The number of hydrogen-bond donors (Lipinski definition) is 1. The number of carbonyl (C=O) groups is 1. The van der Waals surface area contributed by atoms with Crippen LogP contribution in [0.3, 0.4) is 0 Å². The van der Waals surface area contributed by atoms with Gasteiger partial charge in [0.1, 0.15) is 28.3 Å². The quantitative estimate of drug-likeness (QED) is 0.387. The molecule has 2 fully saturated rings. The number of fused-ring (bicyclic) bond motifs is 1. The summed E-state index contributed by atoms with van der Waals surface area (Å²) in [6, 6.07) is 11.6. The molecule has 4 heterocycles. The van der Waals surface area contributed by atoms with Crippen LogP contribution in [-0.2, 0) is 12.6 Å². The molecule has 1 aliphatic heterocycles. The first-order valence-corrected chi connectivity index (χ1v) is 13.0. The van der Waals surface area contributed by atoms with Crippen LogP contribution in [0, 0.1) is 17.7 Å². The molecule has 2 aliphatic rings. The molecule has 11 heteroatoms. The minimum absolute atomic E-state index is 0.0611. The predicted molar refractivity (Wildman–Crippen MR) is 143 cm³/mol. The van der Waals surface area contributed by atoms with Crippen LogP contribution in [-0.4, -0.2) is 54.7 Å². The monoisotopic (exact) mass is 547 g/mol. The standard InChI is InChI=1S/C28H27ClFN7O2/c1-28(2,31)16-11-20(15-5-7-17(30)8-6-15)34-21(12-16)39-25-18-13-37(14-19(18)25)27(38)24-22(29)23(35-36(24)3)26-32-9-4-10-33-26/h4-12,18-19,25H,13-14,31H2,1-3H3/t18-,19+,25-. The summed E-state index contributed by atoms with van der Waals surface area (Å²) in [6.45, 7) is 4.91. The lowest BCUT2D eigenvalue weighted by molar-refractivity contribution is 0.0741. The van der Waals surface area contributed by atoms with Crippen LogP contribution in [0.4, 0.5) is 4.39 Å². The molecule has 0 bridgehead atoms. The minimum Gasteiger partial charge on any atom is -0.474 e. The molecule has 1 amide bonds. The van der Waals surface area contributed by atoms with E-state index < -0.39 is 5.54 Å². The Morgan fingerprint density at radius 1 is 1.13 bits per heavy atom. The molecular weight excluding hydrogens is 521 g/mol. The Labute approximate surface area is 229 Å². The van der Waals surface area contributed by atoms with Crippen LogP contribution in [0.2, 0.25) is 5.02 Å². The molecule has 9 nitrogen and oxygen atoms in total. The summed E-state index contributed by atoms with van der Waals surface area (Å²) in [6.07, 6.45) is 3.14. The topological polar surface area (TPSA) is 112 Å². The van der Waals surface area contributed by atoms with Crippen LogP contribution in [0.1, 0.15) is 29.9 Å². The van der Waals surface area contributed by atoms with Crippen LogP contribution >= 0.6 is 11.6 Å². The molecule has 1 saturated heterocycles. The summed E-state index contributed by atoms with van der Waals surface area (Å²) >= 11 is 6.57. The van der Waals surface area contributed by atoms with Gasteiger partial charge in [-0.2, -0.15) is 5.10 Å². The largest absolute Gasteiger partial charge is 0.474 e. The van der Waals surface area contributed by atoms with Crippen molar-refractivity contribution in [1.29, 1.82) is 0 Å². The number of nitrogens with zero attached hydrogens (tertiary/aromatic N) is 6. The van der Waals surface area contributed by atoms with Crippen molar-refractivity contribution >= 4 is 17.5 Å². The van der Waals surface area contributed by atoms with Gasteiger partial charge in [0.05, 0.1) is 5.69 Å². The van der Waals surface area contributed by atoms with Crippen molar-refractivity contribution in [2.75, 3.05) is 13.1 Å². The normalized spacial score (nSPS) is 20.2. The maximum Gasteiger partial charge on any atom is 0.273 e. The zero-order chi connectivity index (χ0) is 27.5. The van der Waals surface area contributed by atoms with Gasteiger partial charge < -0.3 is 15.4 Å². The number of carbonyl (C=O) groups excluding carboxylic acids is 1. The van der Waals surface area contributed by atoms with E-state index in [0.29, 0.717) is 41.9 Å². The van der Waals surface area contributed by atoms with Crippen LogP contribution in [0.5, 0.6) is 5.88 Å². The van der Waals surface area contributed by atoms with E-state index in [-0.39, 0.29) is 34.7 Å². The molecule has 4 aromatic rings. The van der Waals surface area contributed by atoms with Crippen LogP contribution < -0.4 is 10.5 Å². The third-order valence-electron chi connectivity index (χ3n) is 7.31. The average Bonchev–Trinajstić information content (AvgIpc) is 3.22. The predicted octanol–water partition coefficient (Wildman–Crippen LogP) is 4.07. The fourth-order valence-electron chi connectivity index (χ4n) is 5.10. The Balaban J connectivity index is 1.17. The number of nitrogens with two attached hydrogens (primary N) is 1. The van der Waals surface area contributed by atoms with E-state index in [2.05, 4.69) is 20.1 Å². The number of benzene rings is 1. The number of pyridine rings is 1. The third kappa shape index (κ3) is 4.74. The van der Waals surface area contributed by atoms with E-state index in [1.165, 1.54) is 16.8 Å². The number of hydrogen-bond acceptors (Lipinski definition) is 7. The number of piperidine rings is 1. The number of ether oxygens (including phenoxy) is 1. The van der Waals surface area contributed by atoms with Gasteiger partial charge in [0.25, 0.3) is 5.91 Å². The third-order valence-corrected chi connectivity index (χ3v) is 7.67. The van der Waals surface area contributed by atoms with Gasteiger partial charge in [-0.1, -0.05) is 11.6 Å². The van der Waals surface area contributed by atoms with E-state index >= 15 is 0 Å². The highest BCUT2D eigenvalue weighted by Gasteiger charge is 2.59. The zero-order valence-electron chi connectivity index (χ0n) is 21.7. The van der Waals surface area contributed by atoms with Crippen molar-refractivity contribution in [3.05, 3.63) is 77.0 Å². The zero-order valence-corrected chi connectivity index (χ0v) is 22.4. The van der Waals surface area contributed by atoms with E-state index in [1.807, 2.05) is 26.0 Å². The van der Waals surface area contributed by atoms with E-state index in [0.717, 1.165) is 11.1 Å². The van der Waals surface area contributed by atoms with E-state index in [4.69, 9.17) is 22.1 Å². The molecule has 2 N–H and O–H groups in total. The van der Waals surface area contributed by atoms with Gasteiger partial charge in [-0.25, -0.2) is 19.3 Å². The number of amides is 1. The number of aromatic nitrogens is 5. The van der Waals surface area contributed by atoms with Gasteiger partial charge in [0, 0.05) is 61.5 Å². The number of halogens is 2. The molecule has 0 spiro atoms. The highest BCUT2D eigenvalue weighted by molar-refractivity contribution is 6.35. The van der Waals surface area contributed by atoms with Crippen molar-refractivity contribution in [2.24, 2.45) is 24.6 Å². The maximum atomic E-state index is 13.5. The maximum absolute atomic E-state index is 13.5. The molecule has 39 heavy (non-hydrogen) atoms. The smallest absolute Gasteiger partial charge is 0.273 e. The Morgan fingerprint density at radius 2 is 1.79 bits per heavy atom. The molecule has 1 aromatic carbocycles. The van der Waals surface area contributed by atoms with Gasteiger partial charge in [-0.05, 0) is 55.8 Å². The summed E-state index contributed by atoms with van der Waals surface area (Å²) in [5.41, 5.74) is 8.74. The first-order valence-electron chi connectivity index (χ1n) is 12.6. The van der Waals surface area contributed by atoms with Crippen molar-refractivity contribution in [2.45, 2.75) is 25.5 Å². The Kier molecular flexibility index (Phi) is 6.11. The molecule has 200 valence electrons. The lowest BCUT2D eigenvalue weighted by Crippen LogP contribution is -2.34. The first kappa shape index (κ1) is 25.4. The van der Waals surface area contributed by atoms with E-state index in [1.54, 1.807) is 42.5 Å². The molecule has 0 radical (unpaired) electrons. The second kappa shape index (κ2) is 9.39. The summed E-state index contributed by atoms with van der Waals surface area (Å²) < 4.78 is 21.3. The van der Waals surface area contributed by atoms with Gasteiger partial charge in [-0.15, -0.1) is 0 Å². The summed E-state index contributed by atoms with van der Waals surface area (Å²) in [4.78, 5) is 28.3. The Hall–Kier alpha value is -3.89. The summed E-state index contributed by atoms with van der Waals surface area (Å²) in [5.74, 6) is 0.696. The summed E-state index contributed by atoms with van der Waals surface area (Å²) in [5, 5.41) is 4.63. The minimum atomic E-state index is -0.621. The van der Waals surface area contributed by atoms with Gasteiger partial charge in [0.2, 0.25) is 5.88 Å². The van der Waals surface area contributed by atoms with Gasteiger partial charge in [-0.3, -0.25) is 9.48 Å². The highest BCUT2D eigenvalue weighted by Crippen LogP contribution is 2.48. The van der Waals surface area contributed by atoms with Gasteiger partial charge in [0.15, 0.2) is 5.82 Å². The fourth-order valence-corrected chi connectivity index (χ4v) is 5.43. The lowest BCUT2D eigenvalue weighted by Gasteiger charge is -2.22. The Bertz CT molecular complexity index is 1540. The van der Waals surface area contributed by atoms with Crippen LogP contribution in [0.25, 0.3) is 22.8 Å². The average molecular weight is 548 g/mol. The molecule has 3 atom stereocenters. The summed E-state index contributed by atoms with van der Waals surface area (Å²) in [7, 11) is 1.69. The van der Waals surface area contributed by atoms with Crippen LogP contribution in [0.15, 0.2) is 54.9 Å². The highest BCUT2D eigenvalue weighted by atomic mass is 35.5. The molecular formula is C28H27ClFN7O2. The number of aryl methyl sites for hydroxylation is 1. The second-order valence-corrected chi connectivity index (χ2v) is 11.0. The van der Waals surface area contributed by atoms with Crippen molar-refractivity contribution in [1.82, 2.24) is 29.6 Å². The molecule has 6 rings (SSSR count). The number of rotatable bonds is 6. The number of likely N-dealkylation sites (tertiary alicyclic amines) is 1. The molecule has 3 aromatic heterocycles. The molecule has 0 unspecified atom stereocenters. The van der Waals surface area contributed by atoms with E-state index in [9.17, 15) is 9.18 Å². The fraction of sp³-hybridized carbons (Fsp3) is 0.321.